The third-order valence-corrected chi connectivity index (χ3v) is 2.47. The summed E-state index contributed by atoms with van der Waals surface area (Å²) in [4.78, 5) is 6.29. The molecule has 0 N–H and O–H groups in total. The van der Waals surface area contributed by atoms with E-state index in [-0.39, 0.29) is 0 Å². The highest BCUT2D eigenvalue weighted by Gasteiger charge is 2.14. The summed E-state index contributed by atoms with van der Waals surface area (Å²) in [7, 11) is 1.65. The first-order chi connectivity index (χ1) is 7.85. The van der Waals surface area contributed by atoms with Gasteiger partial charge in [-0.3, -0.25) is 4.99 Å². The summed E-state index contributed by atoms with van der Waals surface area (Å²) in [5, 5.41) is 0. The second-order valence-electron chi connectivity index (χ2n) is 3.48. The highest BCUT2D eigenvalue weighted by atomic mass is 16.5. The Labute approximate surface area is 95.5 Å². The van der Waals surface area contributed by atoms with Crippen molar-refractivity contribution in [2.24, 2.45) is 4.99 Å². The van der Waals surface area contributed by atoms with Crippen LogP contribution in [0.15, 0.2) is 23.2 Å². The molecule has 0 atom stereocenters. The standard InChI is InChI=1S/C12H16N2O2/c1-3-16-12-8-10(15-2)4-5-11(12)14-7-6-13-9-14/h4-5,8-9H,3,6-7H2,1-2H3. The Balaban J connectivity index is 2.31. The number of methoxy groups -OCH3 is 1. The van der Waals surface area contributed by atoms with E-state index in [0.29, 0.717) is 6.61 Å². The lowest BCUT2D eigenvalue weighted by Gasteiger charge is -2.18. The third-order valence-electron chi connectivity index (χ3n) is 2.47. The minimum absolute atomic E-state index is 0.644. The van der Waals surface area contributed by atoms with Gasteiger partial charge in [-0.2, -0.15) is 0 Å². The van der Waals surface area contributed by atoms with E-state index in [9.17, 15) is 0 Å². The summed E-state index contributed by atoms with van der Waals surface area (Å²) in [5.41, 5.74) is 1.05. The number of rotatable bonds is 4. The number of nitrogens with zero attached hydrogens (tertiary/aromatic N) is 2. The third kappa shape index (κ3) is 2.10. The number of anilines is 1. The Morgan fingerprint density at radius 1 is 1.44 bits per heavy atom. The largest absolute Gasteiger partial charge is 0.497 e. The van der Waals surface area contributed by atoms with Gasteiger partial charge < -0.3 is 14.4 Å². The van der Waals surface area contributed by atoms with Crippen LogP contribution in [0.3, 0.4) is 0 Å². The molecule has 1 aromatic carbocycles. The number of aliphatic imine (C=N–C) groups is 1. The monoisotopic (exact) mass is 220 g/mol. The summed E-state index contributed by atoms with van der Waals surface area (Å²) in [6.45, 7) is 4.37. The van der Waals surface area contributed by atoms with Crippen LogP contribution in [0.5, 0.6) is 11.5 Å². The molecule has 0 radical (unpaired) electrons. The van der Waals surface area contributed by atoms with Gasteiger partial charge in [-0.1, -0.05) is 0 Å². The maximum absolute atomic E-state index is 5.61. The summed E-state index contributed by atoms with van der Waals surface area (Å²) >= 11 is 0. The summed E-state index contributed by atoms with van der Waals surface area (Å²) < 4.78 is 10.8. The van der Waals surface area contributed by atoms with E-state index in [1.807, 2.05) is 31.5 Å². The maximum Gasteiger partial charge on any atom is 0.146 e. The van der Waals surface area contributed by atoms with E-state index >= 15 is 0 Å². The number of hydrogen-bond donors (Lipinski definition) is 0. The Morgan fingerprint density at radius 2 is 2.31 bits per heavy atom. The zero-order valence-electron chi connectivity index (χ0n) is 9.64. The second-order valence-corrected chi connectivity index (χ2v) is 3.48. The molecule has 4 nitrogen and oxygen atoms in total. The van der Waals surface area contributed by atoms with Crippen LogP contribution in [0.2, 0.25) is 0 Å². The van der Waals surface area contributed by atoms with E-state index in [0.717, 1.165) is 30.3 Å². The van der Waals surface area contributed by atoms with Gasteiger partial charge >= 0.3 is 0 Å². The molecule has 16 heavy (non-hydrogen) atoms. The van der Waals surface area contributed by atoms with E-state index < -0.39 is 0 Å². The maximum atomic E-state index is 5.61. The zero-order valence-corrected chi connectivity index (χ0v) is 9.64. The Morgan fingerprint density at radius 3 is 2.94 bits per heavy atom. The molecule has 1 heterocycles. The first-order valence-corrected chi connectivity index (χ1v) is 5.42. The molecule has 0 aliphatic carbocycles. The number of hydrogen-bond acceptors (Lipinski definition) is 4. The van der Waals surface area contributed by atoms with Gasteiger partial charge in [0.15, 0.2) is 0 Å². The van der Waals surface area contributed by atoms with Gasteiger partial charge in [-0.05, 0) is 19.1 Å². The normalized spacial score (nSPS) is 14.2. The van der Waals surface area contributed by atoms with Crippen LogP contribution in [0.4, 0.5) is 5.69 Å². The summed E-state index contributed by atoms with van der Waals surface area (Å²) in [6, 6.07) is 5.84. The lowest BCUT2D eigenvalue weighted by molar-refractivity contribution is 0.337. The van der Waals surface area contributed by atoms with Crippen LogP contribution in [0, 0.1) is 0 Å². The molecule has 0 saturated heterocycles. The molecule has 0 bridgehead atoms. The Hall–Kier alpha value is -1.71. The van der Waals surface area contributed by atoms with E-state index in [1.54, 1.807) is 7.11 Å². The quantitative estimate of drug-likeness (QED) is 0.777. The molecule has 0 amide bonds. The molecular weight excluding hydrogens is 204 g/mol. The van der Waals surface area contributed by atoms with Crippen LogP contribution in [-0.2, 0) is 0 Å². The molecule has 1 aromatic rings. The summed E-state index contributed by atoms with van der Waals surface area (Å²) in [5.74, 6) is 1.65. The van der Waals surface area contributed by atoms with Crippen molar-refractivity contribution in [2.75, 3.05) is 31.7 Å². The SMILES string of the molecule is CCOc1cc(OC)ccc1N1C=NCC1. The smallest absolute Gasteiger partial charge is 0.146 e. The average Bonchev–Trinajstić information content (AvgIpc) is 2.83. The lowest BCUT2D eigenvalue weighted by atomic mass is 10.2. The molecule has 2 rings (SSSR count). The van der Waals surface area contributed by atoms with Crippen molar-refractivity contribution >= 4 is 12.0 Å². The highest BCUT2D eigenvalue weighted by molar-refractivity contribution is 5.84. The van der Waals surface area contributed by atoms with E-state index in [4.69, 9.17) is 9.47 Å². The van der Waals surface area contributed by atoms with Crippen LogP contribution < -0.4 is 14.4 Å². The van der Waals surface area contributed by atoms with Crippen molar-refractivity contribution in [3.8, 4) is 11.5 Å². The summed E-state index contributed by atoms with van der Waals surface area (Å²) in [6.07, 6.45) is 1.85. The van der Waals surface area contributed by atoms with Crippen LogP contribution in [-0.4, -0.2) is 33.1 Å². The lowest BCUT2D eigenvalue weighted by Crippen LogP contribution is -2.19. The van der Waals surface area contributed by atoms with Crippen molar-refractivity contribution in [3.05, 3.63) is 18.2 Å². The Bertz CT molecular complexity index is 391. The fourth-order valence-electron chi connectivity index (χ4n) is 1.69. The van der Waals surface area contributed by atoms with Gasteiger partial charge in [0.2, 0.25) is 0 Å². The van der Waals surface area contributed by atoms with Crippen LogP contribution in [0.25, 0.3) is 0 Å². The second kappa shape index (κ2) is 4.88. The molecule has 0 aromatic heterocycles. The molecule has 0 unspecified atom stereocenters. The molecule has 1 aliphatic heterocycles. The van der Waals surface area contributed by atoms with Gasteiger partial charge in [0.25, 0.3) is 0 Å². The molecule has 0 fully saturated rings. The molecular formula is C12H16N2O2. The predicted octanol–water partition coefficient (Wildman–Crippen LogP) is 1.94. The topological polar surface area (TPSA) is 34.1 Å². The van der Waals surface area contributed by atoms with Crippen molar-refractivity contribution in [1.29, 1.82) is 0 Å². The van der Waals surface area contributed by atoms with E-state index in [1.165, 1.54) is 0 Å². The van der Waals surface area contributed by atoms with Gasteiger partial charge in [0.05, 0.1) is 32.3 Å². The van der Waals surface area contributed by atoms with Crippen molar-refractivity contribution in [1.82, 2.24) is 0 Å². The first-order valence-electron chi connectivity index (χ1n) is 5.42. The number of ether oxygens (including phenoxy) is 2. The van der Waals surface area contributed by atoms with Gasteiger partial charge in [-0.15, -0.1) is 0 Å². The van der Waals surface area contributed by atoms with E-state index in [2.05, 4.69) is 9.89 Å². The molecule has 0 spiro atoms. The highest BCUT2D eigenvalue weighted by Crippen LogP contribution is 2.32. The molecule has 0 saturated carbocycles. The minimum atomic E-state index is 0.644. The van der Waals surface area contributed by atoms with Gasteiger partial charge in [0, 0.05) is 12.6 Å². The molecule has 86 valence electrons. The van der Waals surface area contributed by atoms with Gasteiger partial charge in [0.1, 0.15) is 11.5 Å². The number of benzene rings is 1. The van der Waals surface area contributed by atoms with Gasteiger partial charge in [-0.25, -0.2) is 0 Å². The fraction of sp³-hybridized carbons (Fsp3) is 0.417. The van der Waals surface area contributed by atoms with Crippen LogP contribution >= 0.6 is 0 Å². The van der Waals surface area contributed by atoms with Crippen LogP contribution in [0.1, 0.15) is 6.92 Å². The fourth-order valence-corrected chi connectivity index (χ4v) is 1.69. The Kier molecular flexibility index (Phi) is 3.29. The van der Waals surface area contributed by atoms with Crippen molar-refractivity contribution in [3.63, 3.8) is 0 Å². The molecule has 1 aliphatic rings. The first kappa shape index (κ1) is 10.8. The minimum Gasteiger partial charge on any atom is -0.497 e. The average molecular weight is 220 g/mol. The van der Waals surface area contributed by atoms with Crippen molar-refractivity contribution < 1.29 is 9.47 Å². The molecule has 4 heteroatoms. The zero-order chi connectivity index (χ0) is 11.4. The van der Waals surface area contributed by atoms with Crippen molar-refractivity contribution in [2.45, 2.75) is 6.92 Å². The predicted molar refractivity (Wildman–Crippen MR) is 64.9 cm³/mol.